The zero-order valence-electron chi connectivity index (χ0n) is 18.2. The van der Waals surface area contributed by atoms with Gasteiger partial charge in [0.25, 0.3) is 0 Å². The van der Waals surface area contributed by atoms with Crippen LogP contribution < -0.4 is 14.8 Å². The van der Waals surface area contributed by atoms with Crippen LogP contribution >= 0.6 is 23.2 Å². The van der Waals surface area contributed by atoms with E-state index in [9.17, 15) is 4.79 Å². The summed E-state index contributed by atoms with van der Waals surface area (Å²) in [6, 6.07) is 10.4. The van der Waals surface area contributed by atoms with E-state index >= 15 is 0 Å². The number of hydrogen-bond acceptors (Lipinski definition) is 5. The first-order chi connectivity index (χ1) is 14.7. The SMILES string of the molecule is CC(C)Oc1ccc(COc2ccc(CC(=O)O)cc2Cl)cc1Cl.CN1CCNCC1. The molecule has 1 heterocycles. The van der Waals surface area contributed by atoms with Crippen molar-refractivity contribution in [3.05, 3.63) is 57.6 Å². The highest BCUT2D eigenvalue weighted by atomic mass is 35.5. The monoisotopic (exact) mass is 468 g/mol. The molecule has 0 atom stereocenters. The Bertz CT molecular complexity index is 855. The van der Waals surface area contributed by atoms with Crippen molar-refractivity contribution in [1.82, 2.24) is 10.2 Å². The Morgan fingerprint density at radius 3 is 2.16 bits per heavy atom. The fourth-order valence-corrected chi connectivity index (χ4v) is 3.37. The minimum Gasteiger partial charge on any atom is -0.489 e. The smallest absolute Gasteiger partial charge is 0.307 e. The quantitative estimate of drug-likeness (QED) is 0.622. The fraction of sp³-hybridized carbons (Fsp3) is 0.435. The number of halogens is 2. The third kappa shape index (κ3) is 9.35. The lowest BCUT2D eigenvalue weighted by Crippen LogP contribution is -2.40. The van der Waals surface area contributed by atoms with Crippen LogP contribution in [0.5, 0.6) is 11.5 Å². The number of carboxylic acid groups (broad SMARTS) is 1. The first-order valence-electron chi connectivity index (χ1n) is 10.2. The molecule has 0 aliphatic carbocycles. The number of ether oxygens (including phenoxy) is 2. The molecular weight excluding hydrogens is 439 g/mol. The Labute approximate surface area is 194 Å². The van der Waals surface area contributed by atoms with E-state index in [2.05, 4.69) is 17.3 Å². The average molecular weight is 469 g/mol. The Balaban J connectivity index is 0.000000412. The van der Waals surface area contributed by atoms with Crippen LogP contribution in [0.1, 0.15) is 25.0 Å². The number of benzene rings is 2. The minimum atomic E-state index is -0.905. The van der Waals surface area contributed by atoms with Crippen molar-refractivity contribution in [3.63, 3.8) is 0 Å². The highest BCUT2D eigenvalue weighted by Crippen LogP contribution is 2.29. The van der Waals surface area contributed by atoms with Gasteiger partial charge >= 0.3 is 5.97 Å². The van der Waals surface area contributed by atoms with Gasteiger partial charge in [-0.3, -0.25) is 4.79 Å². The van der Waals surface area contributed by atoms with Crippen molar-refractivity contribution >= 4 is 29.2 Å². The number of aliphatic carboxylic acids is 1. The molecule has 0 saturated carbocycles. The Morgan fingerprint density at radius 1 is 1.06 bits per heavy atom. The largest absolute Gasteiger partial charge is 0.489 e. The lowest BCUT2D eigenvalue weighted by molar-refractivity contribution is -0.136. The van der Waals surface area contributed by atoms with Crippen LogP contribution in [-0.4, -0.2) is 55.3 Å². The topological polar surface area (TPSA) is 71.0 Å². The number of rotatable bonds is 7. The van der Waals surface area contributed by atoms with Gasteiger partial charge in [0.05, 0.1) is 22.6 Å². The van der Waals surface area contributed by atoms with Gasteiger partial charge in [-0.05, 0) is 56.3 Å². The summed E-state index contributed by atoms with van der Waals surface area (Å²) in [6.45, 7) is 8.90. The first-order valence-corrected chi connectivity index (χ1v) is 11.0. The molecule has 2 aromatic carbocycles. The van der Waals surface area contributed by atoms with Gasteiger partial charge in [0.15, 0.2) is 0 Å². The molecule has 0 radical (unpaired) electrons. The molecule has 3 rings (SSSR count). The molecular formula is C23H30Cl2N2O4. The number of hydrogen-bond donors (Lipinski definition) is 2. The van der Waals surface area contributed by atoms with Gasteiger partial charge in [0, 0.05) is 26.2 Å². The van der Waals surface area contributed by atoms with Crippen LogP contribution in [0, 0.1) is 0 Å². The van der Waals surface area contributed by atoms with Crippen molar-refractivity contribution < 1.29 is 19.4 Å². The zero-order valence-corrected chi connectivity index (χ0v) is 19.7. The van der Waals surface area contributed by atoms with E-state index in [0.29, 0.717) is 33.7 Å². The minimum absolute atomic E-state index is 0.0488. The summed E-state index contributed by atoms with van der Waals surface area (Å²) in [4.78, 5) is 13.0. The van der Waals surface area contributed by atoms with Gasteiger partial charge in [-0.25, -0.2) is 0 Å². The molecule has 1 fully saturated rings. The van der Waals surface area contributed by atoms with Crippen LogP contribution in [-0.2, 0) is 17.8 Å². The first kappa shape index (κ1) is 25.3. The van der Waals surface area contributed by atoms with Crippen LogP contribution in [0.15, 0.2) is 36.4 Å². The molecule has 0 aromatic heterocycles. The van der Waals surface area contributed by atoms with E-state index < -0.39 is 5.97 Å². The Hall–Kier alpha value is -1.99. The van der Waals surface area contributed by atoms with E-state index in [1.165, 1.54) is 13.1 Å². The van der Waals surface area contributed by atoms with Crippen molar-refractivity contribution in [2.45, 2.75) is 33.0 Å². The predicted molar refractivity (Wildman–Crippen MR) is 125 cm³/mol. The highest BCUT2D eigenvalue weighted by Gasteiger charge is 2.09. The fourth-order valence-electron chi connectivity index (χ4n) is 2.87. The summed E-state index contributed by atoms with van der Waals surface area (Å²) >= 11 is 12.3. The third-order valence-corrected chi connectivity index (χ3v) is 5.04. The normalized spacial score (nSPS) is 14.0. The van der Waals surface area contributed by atoms with Crippen LogP contribution in [0.25, 0.3) is 0 Å². The number of likely N-dealkylation sites (N-methyl/N-ethyl adjacent to an activating group) is 1. The molecule has 170 valence electrons. The van der Waals surface area contributed by atoms with Gasteiger partial charge in [0.2, 0.25) is 0 Å². The maximum atomic E-state index is 10.7. The predicted octanol–water partition coefficient (Wildman–Crippen LogP) is 4.51. The molecule has 0 bridgehead atoms. The summed E-state index contributed by atoms with van der Waals surface area (Å²) in [7, 11) is 2.15. The Morgan fingerprint density at radius 2 is 1.65 bits per heavy atom. The number of piperazine rings is 1. The van der Waals surface area contributed by atoms with E-state index in [-0.39, 0.29) is 12.5 Å². The van der Waals surface area contributed by atoms with Gasteiger partial charge < -0.3 is 24.8 Å². The van der Waals surface area contributed by atoms with Crippen LogP contribution in [0.4, 0.5) is 0 Å². The molecule has 0 spiro atoms. The number of carboxylic acids is 1. The second-order valence-electron chi connectivity index (χ2n) is 7.61. The molecule has 0 unspecified atom stereocenters. The lowest BCUT2D eigenvalue weighted by Gasteiger charge is -2.21. The van der Waals surface area contributed by atoms with Crippen LogP contribution in [0.2, 0.25) is 10.0 Å². The molecule has 2 N–H and O–H groups in total. The summed E-state index contributed by atoms with van der Waals surface area (Å²) in [5.41, 5.74) is 1.50. The van der Waals surface area contributed by atoms with Crippen molar-refractivity contribution in [1.29, 1.82) is 0 Å². The van der Waals surface area contributed by atoms with Gasteiger partial charge in [-0.1, -0.05) is 35.3 Å². The van der Waals surface area contributed by atoms with Gasteiger partial charge in [-0.2, -0.15) is 0 Å². The lowest BCUT2D eigenvalue weighted by atomic mass is 10.1. The number of nitrogens with one attached hydrogen (secondary N) is 1. The third-order valence-electron chi connectivity index (χ3n) is 4.45. The number of carbonyl (C=O) groups is 1. The summed E-state index contributed by atoms with van der Waals surface area (Å²) in [5.74, 6) is 0.217. The van der Waals surface area contributed by atoms with Gasteiger partial charge in [0.1, 0.15) is 18.1 Å². The molecule has 8 heteroatoms. The van der Waals surface area contributed by atoms with E-state index in [0.717, 1.165) is 18.7 Å². The molecule has 1 saturated heterocycles. The van der Waals surface area contributed by atoms with Gasteiger partial charge in [-0.15, -0.1) is 0 Å². The molecule has 0 amide bonds. The highest BCUT2D eigenvalue weighted by molar-refractivity contribution is 6.32. The molecule has 1 aliphatic heterocycles. The van der Waals surface area contributed by atoms with E-state index in [1.807, 2.05) is 19.9 Å². The number of nitrogens with zero attached hydrogens (tertiary/aromatic N) is 1. The molecule has 31 heavy (non-hydrogen) atoms. The van der Waals surface area contributed by atoms with E-state index in [1.54, 1.807) is 30.3 Å². The molecule has 1 aliphatic rings. The maximum Gasteiger partial charge on any atom is 0.307 e. The molecule has 2 aromatic rings. The summed E-state index contributed by atoms with van der Waals surface area (Å²) in [6.07, 6.45) is -0.0276. The second-order valence-corrected chi connectivity index (χ2v) is 8.42. The second kappa shape index (κ2) is 12.8. The van der Waals surface area contributed by atoms with Crippen molar-refractivity contribution in [2.24, 2.45) is 0 Å². The Kier molecular flexibility index (Phi) is 10.4. The summed E-state index contributed by atoms with van der Waals surface area (Å²) < 4.78 is 11.3. The standard InChI is InChI=1S/C18H18Cl2O4.C5H12N2/c1-11(2)24-17-6-4-13(8-15(17)20)10-23-16-5-3-12(7-14(16)19)9-18(21)22;1-7-4-2-6-3-5-7/h3-8,11H,9-10H2,1-2H3,(H,21,22);6H,2-5H2,1H3. The van der Waals surface area contributed by atoms with Crippen molar-refractivity contribution in [3.8, 4) is 11.5 Å². The zero-order chi connectivity index (χ0) is 22.8. The summed E-state index contributed by atoms with van der Waals surface area (Å²) in [5, 5.41) is 13.0. The van der Waals surface area contributed by atoms with Crippen molar-refractivity contribution in [2.75, 3.05) is 33.2 Å². The van der Waals surface area contributed by atoms with E-state index in [4.69, 9.17) is 37.8 Å². The molecule has 6 nitrogen and oxygen atoms in total. The maximum absolute atomic E-state index is 10.7. The van der Waals surface area contributed by atoms with Crippen LogP contribution in [0.3, 0.4) is 0 Å². The average Bonchev–Trinajstić information content (AvgIpc) is 2.69.